The minimum atomic E-state index is -0.752. The van der Waals surface area contributed by atoms with E-state index in [1.165, 1.54) is 24.3 Å². The number of carbonyl (C=O) groups is 2. The number of hydrogen-bond donors (Lipinski definition) is 1. The van der Waals surface area contributed by atoms with E-state index in [1.54, 1.807) is 0 Å². The Hall–Kier alpha value is -2.48. The third kappa shape index (κ3) is 3.53. The third-order valence-corrected chi connectivity index (χ3v) is 4.41. The molecule has 2 amide bonds. The molecule has 24 heavy (non-hydrogen) atoms. The van der Waals surface area contributed by atoms with Gasteiger partial charge in [0.1, 0.15) is 6.10 Å². The number of amides is 2. The number of nitrogens with one attached hydrogen (secondary N) is 1. The van der Waals surface area contributed by atoms with E-state index < -0.39 is 11.0 Å². The Morgan fingerprint density at radius 1 is 1.33 bits per heavy atom. The second-order valence-corrected chi connectivity index (χ2v) is 6.06. The van der Waals surface area contributed by atoms with Crippen molar-refractivity contribution in [2.75, 3.05) is 18.5 Å². The summed E-state index contributed by atoms with van der Waals surface area (Å²) in [5.41, 5.74) is 0.402. The Morgan fingerprint density at radius 3 is 2.79 bits per heavy atom. The summed E-state index contributed by atoms with van der Waals surface area (Å²) in [5, 5.41) is 13.2. The Kier molecular flexibility index (Phi) is 4.75. The number of morpholine rings is 1. The maximum absolute atomic E-state index is 12.4. The number of carbonyl (C=O) groups excluding carboxylic acids is 2. The van der Waals surface area contributed by atoms with Gasteiger partial charge in [0.25, 0.3) is 11.6 Å². The van der Waals surface area contributed by atoms with E-state index >= 15 is 0 Å². The molecule has 8 nitrogen and oxygen atoms in total. The summed E-state index contributed by atoms with van der Waals surface area (Å²) in [5.74, 6) is -0.470. The molecule has 2 heterocycles. The van der Waals surface area contributed by atoms with Gasteiger partial charge in [-0.2, -0.15) is 0 Å². The molecule has 1 aromatic rings. The first kappa shape index (κ1) is 16.4. The Labute approximate surface area is 138 Å². The van der Waals surface area contributed by atoms with Crippen LogP contribution in [0.15, 0.2) is 24.3 Å². The van der Waals surface area contributed by atoms with Crippen LogP contribution < -0.4 is 5.32 Å². The van der Waals surface area contributed by atoms with Gasteiger partial charge < -0.3 is 15.0 Å². The molecule has 8 heteroatoms. The molecule has 2 atom stereocenters. The number of fused-ring (bicyclic) bond motifs is 1. The second-order valence-electron chi connectivity index (χ2n) is 6.06. The number of rotatable bonds is 4. The number of non-ortho nitro benzene ring substituents is 1. The van der Waals surface area contributed by atoms with Gasteiger partial charge in [-0.05, 0) is 31.4 Å². The summed E-state index contributed by atoms with van der Waals surface area (Å²) < 4.78 is 5.58. The van der Waals surface area contributed by atoms with Crippen molar-refractivity contribution in [2.24, 2.45) is 0 Å². The van der Waals surface area contributed by atoms with Crippen LogP contribution in [0, 0.1) is 10.1 Å². The molecule has 0 saturated carbocycles. The lowest BCUT2D eigenvalue weighted by Crippen LogP contribution is -2.56. The van der Waals surface area contributed by atoms with Gasteiger partial charge in [-0.15, -0.1) is 0 Å². The van der Waals surface area contributed by atoms with Crippen LogP contribution in [0.3, 0.4) is 0 Å². The number of nitrogens with zero attached hydrogens (tertiary/aromatic N) is 2. The van der Waals surface area contributed by atoms with Gasteiger partial charge in [-0.25, -0.2) is 0 Å². The normalized spacial score (nSPS) is 23.5. The molecule has 0 bridgehead atoms. The van der Waals surface area contributed by atoms with E-state index in [1.807, 2.05) is 4.90 Å². The summed E-state index contributed by atoms with van der Waals surface area (Å²) in [6.07, 6.45) is 2.23. The quantitative estimate of drug-likeness (QED) is 0.667. The molecule has 3 rings (SSSR count). The number of hydrogen-bond acceptors (Lipinski definition) is 5. The van der Waals surface area contributed by atoms with Crippen LogP contribution in [0.25, 0.3) is 0 Å². The molecule has 2 fully saturated rings. The van der Waals surface area contributed by atoms with Crippen molar-refractivity contribution in [1.82, 2.24) is 4.90 Å². The average Bonchev–Trinajstić information content (AvgIpc) is 2.58. The lowest BCUT2D eigenvalue weighted by atomic mass is 9.99. The van der Waals surface area contributed by atoms with Crippen LogP contribution in [0.5, 0.6) is 0 Å². The van der Waals surface area contributed by atoms with Crippen LogP contribution in [-0.4, -0.2) is 46.9 Å². The summed E-state index contributed by atoms with van der Waals surface area (Å²) >= 11 is 0. The van der Waals surface area contributed by atoms with Crippen LogP contribution in [0.4, 0.5) is 11.4 Å². The zero-order chi connectivity index (χ0) is 17.1. The fourth-order valence-electron chi connectivity index (χ4n) is 3.14. The molecular weight excluding hydrogens is 314 g/mol. The first-order valence-corrected chi connectivity index (χ1v) is 8.01. The summed E-state index contributed by atoms with van der Waals surface area (Å²) in [6, 6.07) is 5.69. The average molecular weight is 333 g/mol. The van der Waals surface area contributed by atoms with Crippen molar-refractivity contribution < 1.29 is 19.2 Å². The lowest BCUT2D eigenvalue weighted by molar-refractivity contribution is -0.384. The van der Waals surface area contributed by atoms with Gasteiger partial charge in [0.15, 0.2) is 0 Å². The van der Waals surface area contributed by atoms with Crippen molar-refractivity contribution in [3.8, 4) is 0 Å². The molecule has 128 valence electrons. The monoisotopic (exact) mass is 333 g/mol. The predicted octanol–water partition coefficient (Wildman–Crippen LogP) is 1.70. The summed E-state index contributed by atoms with van der Waals surface area (Å²) in [4.78, 5) is 36.5. The maximum Gasteiger partial charge on any atom is 0.269 e. The van der Waals surface area contributed by atoms with E-state index in [0.29, 0.717) is 12.3 Å². The highest BCUT2D eigenvalue weighted by atomic mass is 16.6. The highest BCUT2D eigenvalue weighted by Gasteiger charge is 2.38. The van der Waals surface area contributed by atoms with Gasteiger partial charge in [0.05, 0.1) is 24.0 Å². The topological polar surface area (TPSA) is 102 Å². The second kappa shape index (κ2) is 6.96. The largest absolute Gasteiger partial charge is 0.366 e. The van der Waals surface area contributed by atoms with E-state index in [0.717, 1.165) is 25.8 Å². The van der Waals surface area contributed by atoms with Crippen molar-refractivity contribution in [2.45, 2.75) is 37.8 Å². The number of ether oxygens (including phenoxy) is 1. The SMILES string of the molecule is O=C(C[C@H]1OC[C@H]2CCCCN2C1=O)Nc1ccc([N+](=O)[O-])cc1. The molecule has 2 aliphatic rings. The Bertz CT molecular complexity index is 646. The zero-order valence-electron chi connectivity index (χ0n) is 13.1. The number of piperidine rings is 1. The number of nitro groups is 1. The fraction of sp³-hybridized carbons (Fsp3) is 0.500. The summed E-state index contributed by atoms with van der Waals surface area (Å²) in [6.45, 7) is 1.20. The van der Waals surface area contributed by atoms with Gasteiger partial charge in [-0.3, -0.25) is 19.7 Å². The summed E-state index contributed by atoms with van der Waals surface area (Å²) in [7, 11) is 0. The van der Waals surface area contributed by atoms with Crippen molar-refractivity contribution in [3.63, 3.8) is 0 Å². The molecule has 0 unspecified atom stereocenters. The first-order valence-electron chi connectivity index (χ1n) is 8.01. The lowest BCUT2D eigenvalue weighted by Gasteiger charge is -2.41. The minimum Gasteiger partial charge on any atom is -0.366 e. The van der Waals surface area contributed by atoms with E-state index in [-0.39, 0.29) is 30.0 Å². The standard InChI is InChI=1S/C16H19N3O5/c20-15(17-11-4-6-12(7-5-11)19(22)23)9-14-16(21)18-8-2-1-3-13(18)10-24-14/h4-7,13-14H,1-3,8-10H2,(H,17,20)/t13-,14-/m1/s1. The van der Waals surface area contributed by atoms with Gasteiger partial charge in [0, 0.05) is 24.4 Å². The minimum absolute atomic E-state index is 0.0464. The van der Waals surface area contributed by atoms with E-state index in [4.69, 9.17) is 4.74 Å². The van der Waals surface area contributed by atoms with Crippen LogP contribution in [0.1, 0.15) is 25.7 Å². The van der Waals surface area contributed by atoms with Crippen molar-refractivity contribution >= 4 is 23.2 Å². The molecule has 0 aromatic heterocycles. The van der Waals surface area contributed by atoms with Gasteiger partial charge >= 0.3 is 0 Å². The van der Waals surface area contributed by atoms with E-state index in [9.17, 15) is 19.7 Å². The highest BCUT2D eigenvalue weighted by molar-refractivity contribution is 5.95. The highest BCUT2D eigenvalue weighted by Crippen LogP contribution is 2.24. The zero-order valence-corrected chi connectivity index (χ0v) is 13.1. The number of anilines is 1. The van der Waals surface area contributed by atoms with Crippen LogP contribution in [-0.2, 0) is 14.3 Å². The Balaban J connectivity index is 1.56. The smallest absolute Gasteiger partial charge is 0.269 e. The predicted molar refractivity (Wildman–Crippen MR) is 85.4 cm³/mol. The maximum atomic E-state index is 12.4. The molecule has 1 aromatic carbocycles. The van der Waals surface area contributed by atoms with Crippen LogP contribution >= 0.6 is 0 Å². The molecule has 1 N–H and O–H groups in total. The van der Waals surface area contributed by atoms with Crippen molar-refractivity contribution in [3.05, 3.63) is 34.4 Å². The van der Waals surface area contributed by atoms with E-state index in [2.05, 4.69) is 5.32 Å². The first-order chi connectivity index (χ1) is 11.5. The van der Waals surface area contributed by atoms with Gasteiger partial charge in [-0.1, -0.05) is 0 Å². The Morgan fingerprint density at radius 2 is 2.08 bits per heavy atom. The molecule has 0 aliphatic carbocycles. The number of nitro benzene ring substituents is 1. The molecule has 2 aliphatic heterocycles. The number of benzene rings is 1. The van der Waals surface area contributed by atoms with Crippen LogP contribution in [0.2, 0.25) is 0 Å². The molecule has 0 radical (unpaired) electrons. The molecule has 0 spiro atoms. The molecular formula is C16H19N3O5. The van der Waals surface area contributed by atoms with Crippen molar-refractivity contribution in [1.29, 1.82) is 0 Å². The third-order valence-electron chi connectivity index (χ3n) is 4.41. The fourth-order valence-corrected chi connectivity index (χ4v) is 3.14. The van der Waals surface area contributed by atoms with Gasteiger partial charge in [0.2, 0.25) is 5.91 Å². The molecule has 2 saturated heterocycles.